The van der Waals surface area contributed by atoms with E-state index >= 15 is 0 Å². The van der Waals surface area contributed by atoms with E-state index in [1.165, 1.54) is 11.2 Å². The first kappa shape index (κ1) is 22.5. The Hall–Kier alpha value is -3.74. The lowest BCUT2D eigenvalue weighted by atomic mass is 9.98. The van der Waals surface area contributed by atoms with Crippen LogP contribution in [0, 0.1) is 19.8 Å². The Morgan fingerprint density at radius 1 is 1.15 bits per heavy atom. The molecular formula is C26H27NO6. The maximum Gasteiger partial charge on any atom is 0.296 e. The van der Waals surface area contributed by atoms with Crippen molar-refractivity contribution >= 4 is 17.4 Å². The third-order valence-corrected chi connectivity index (χ3v) is 5.50. The van der Waals surface area contributed by atoms with Crippen LogP contribution in [0.1, 0.15) is 48.3 Å². The topological polar surface area (TPSA) is 93.1 Å². The van der Waals surface area contributed by atoms with E-state index in [-0.39, 0.29) is 17.9 Å². The van der Waals surface area contributed by atoms with E-state index in [4.69, 9.17) is 13.6 Å². The van der Waals surface area contributed by atoms with Gasteiger partial charge in [0, 0.05) is 5.56 Å². The number of amides is 1. The van der Waals surface area contributed by atoms with E-state index in [0.29, 0.717) is 41.1 Å². The Balaban J connectivity index is 1.77. The first-order valence-corrected chi connectivity index (χ1v) is 10.9. The van der Waals surface area contributed by atoms with Gasteiger partial charge in [0.05, 0.1) is 25.0 Å². The molecule has 3 aromatic rings. The number of ether oxygens (including phenoxy) is 1. The summed E-state index contributed by atoms with van der Waals surface area (Å²) in [5.41, 5.74) is 1.22. The molecule has 1 unspecified atom stereocenters. The molecule has 4 rings (SSSR count). The van der Waals surface area contributed by atoms with Crippen molar-refractivity contribution in [3.8, 4) is 5.75 Å². The maximum atomic E-state index is 13.1. The smallest absolute Gasteiger partial charge is 0.296 e. The number of furan rings is 2. The van der Waals surface area contributed by atoms with Crippen LogP contribution >= 0.6 is 0 Å². The monoisotopic (exact) mass is 449 g/mol. The molecule has 1 saturated heterocycles. The summed E-state index contributed by atoms with van der Waals surface area (Å²) < 4.78 is 17.0. The number of carbonyl (C=O) groups excluding carboxylic acids is 2. The highest BCUT2D eigenvalue weighted by Crippen LogP contribution is 2.41. The van der Waals surface area contributed by atoms with Crippen LogP contribution in [0.3, 0.4) is 0 Å². The lowest BCUT2D eigenvalue weighted by molar-refractivity contribution is -0.140. The largest absolute Gasteiger partial charge is 0.507 e. The van der Waals surface area contributed by atoms with Crippen molar-refractivity contribution < 1.29 is 28.3 Å². The summed E-state index contributed by atoms with van der Waals surface area (Å²) in [6.45, 7) is 8.42. The summed E-state index contributed by atoms with van der Waals surface area (Å²) in [4.78, 5) is 27.4. The van der Waals surface area contributed by atoms with Gasteiger partial charge >= 0.3 is 0 Å². The number of benzene rings is 1. The molecule has 1 amide bonds. The van der Waals surface area contributed by atoms with Crippen LogP contribution in [-0.4, -0.2) is 28.3 Å². The molecule has 0 spiro atoms. The van der Waals surface area contributed by atoms with Crippen molar-refractivity contribution in [1.29, 1.82) is 0 Å². The van der Waals surface area contributed by atoms with E-state index in [1.807, 2.05) is 6.92 Å². The summed E-state index contributed by atoms with van der Waals surface area (Å²) >= 11 is 0. The zero-order valence-electron chi connectivity index (χ0n) is 19.1. The second-order valence-electron chi connectivity index (χ2n) is 8.64. The summed E-state index contributed by atoms with van der Waals surface area (Å²) in [5.74, 6) is 0.887. The van der Waals surface area contributed by atoms with Gasteiger partial charge < -0.3 is 23.6 Å². The Kier molecular flexibility index (Phi) is 6.14. The van der Waals surface area contributed by atoms with E-state index in [0.717, 1.165) is 5.56 Å². The second kappa shape index (κ2) is 9.02. The number of likely N-dealkylation sites (tertiary alicyclic amines) is 1. The molecule has 3 heterocycles. The maximum absolute atomic E-state index is 13.1. The average molecular weight is 450 g/mol. The fraction of sp³-hybridized carbons (Fsp3) is 0.308. The third-order valence-electron chi connectivity index (χ3n) is 5.50. The van der Waals surface area contributed by atoms with Crippen molar-refractivity contribution in [2.45, 2.75) is 40.3 Å². The summed E-state index contributed by atoms with van der Waals surface area (Å²) in [6, 6.07) is 11.2. The lowest BCUT2D eigenvalue weighted by Crippen LogP contribution is -2.28. The van der Waals surface area contributed by atoms with E-state index in [2.05, 4.69) is 13.8 Å². The minimum absolute atomic E-state index is 0.0174. The molecule has 0 aliphatic carbocycles. The minimum Gasteiger partial charge on any atom is -0.507 e. The molecule has 2 aromatic heterocycles. The predicted molar refractivity (Wildman–Crippen MR) is 122 cm³/mol. The first-order valence-electron chi connectivity index (χ1n) is 10.9. The van der Waals surface area contributed by atoms with Crippen LogP contribution in [0.2, 0.25) is 0 Å². The van der Waals surface area contributed by atoms with Crippen molar-refractivity contribution in [2.24, 2.45) is 5.92 Å². The van der Waals surface area contributed by atoms with Gasteiger partial charge in [-0.15, -0.1) is 0 Å². The fourth-order valence-corrected chi connectivity index (χ4v) is 3.88. The van der Waals surface area contributed by atoms with Gasteiger partial charge in [-0.05, 0) is 67.8 Å². The molecule has 1 aliphatic rings. The normalized spacial score (nSPS) is 17.8. The molecule has 1 aliphatic heterocycles. The molecule has 1 atom stereocenters. The molecule has 0 bridgehead atoms. The molecule has 1 aromatic carbocycles. The molecule has 0 radical (unpaired) electrons. The third kappa shape index (κ3) is 4.44. The molecule has 1 N–H and O–H groups in total. The summed E-state index contributed by atoms with van der Waals surface area (Å²) in [7, 11) is 0. The van der Waals surface area contributed by atoms with Crippen molar-refractivity contribution in [2.75, 3.05) is 6.61 Å². The fourth-order valence-electron chi connectivity index (χ4n) is 3.88. The molecule has 7 nitrogen and oxygen atoms in total. The molecule has 1 fully saturated rings. The lowest BCUT2D eigenvalue weighted by Gasteiger charge is -2.22. The number of aliphatic hydroxyl groups is 1. The van der Waals surface area contributed by atoms with Crippen LogP contribution in [0.4, 0.5) is 0 Å². The molecule has 0 saturated carbocycles. The zero-order chi connectivity index (χ0) is 23.7. The summed E-state index contributed by atoms with van der Waals surface area (Å²) in [6.07, 6.45) is 1.50. The molecular weight excluding hydrogens is 422 g/mol. The molecule has 7 heteroatoms. The number of ketones is 1. The highest BCUT2D eigenvalue weighted by molar-refractivity contribution is 6.46. The number of nitrogens with zero attached hydrogens (tertiary/aromatic N) is 1. The molecule has 33 heavy (non-hydrogen) atoms. The van der Waals surface area contributed by atoms with Crippen molar-refractivity contribution in [3.63, 3.8) is 0 Å². The number of carbonyl (C=O) groups is 2. The van der Waals surface area contributed by atoms with Gasteiger partial charge in [0.25, 0.3) is 11.7 Å². The Morgan fingerprint density at radius 3 is 2.55 bits per heavy atom. The summed E-state index contributed by atoms with van der Waals surface area (Å²) in [5, 5.41) is 11.2. The minimum atomic E-state index is -0.874. The van der Waals surface area contributed by atoms with E-state index in [1.54, 1.807) is 49.4 Å². The number of hydrogen-bond acceptors (Lipinski definition) is 6. The van der Waals surface area contributed by atoms with Crippen molar-refractivity contribution in [3.05, 3.63) is 82.7 Å². The zero-order valence-corrected chi connectivity index (χ0v) is 19.1. The van der Waals surface area contributed by atoms with Gasteiger partial charge in [0.15, 0.2) is 0 Å². The predicted octanol–water partition coefficient (Wildman–Crippen LogP) is 5.15. The van der Waals surface area contributed by atoms with Gasteiger partial charge in [-0.1, -0.05) is 13.8 Å². The van der Waals surface area contributed by atoms with Crippen molar-refractivity contribution in [1.82, 2.24) is 4.90 Å². The second-order valence-corrected chi connectivity index (χ2v) is 8.64. The standard InChI is InChI=1S/C26H27NO6/c1-15(2)14-32-20-10-8-18(12-16(20)3)24(28)22-23(21-9-7-17(4)33-21)27(26(30)25(22)29)13-19-6-5-11-31-19/h5-12,15,23,28H,13-14H2,1-4H3/b24-22-. The highest BCUT2D eigenvalue weighted by atomic mass is 16.5. The van der Waals surface area contributed by atoms with Crippen LogP contribution in [0.15, 0.2) is 63.1 Å². The number of Topliss-reactive ketones (excluding diaryl/α,β-unsaturated/α-hetero) is 1. The average Bonchev–Trinajstić information content (AvgIpc) is 3.49. The van der Waals surface area contributed by atoms with Gasteiger partial charge in [-0.2, -0.15) is 0 Å². The first-order chi connectivity index (χ1) is 15.8. The van der Waals surface area contributed by atoms with Gasteiger partial charge in [0.1, 0.15) is 34.8 Å². The molecule has 172 valence electrons. The number of hydrogen-bond donors (Lipinski definition) is 1. The van der Waals surface area contributed by atoms with Crippen LogP contribution in [0.5, 0.6) is 5.75 Å². The van der Waals surface area contributed by atoms with Gasteiger partial charge in [-0.3, -0.25) is 9.59 Å². The van der Waals surface area contributed by atoms with E-state index < -0.39 is 17.7 Å². The van der Waals surface area contributed by atoms with Crippen LogP contribution < -0.4 is 4.74 Å². The SMILES string of the molecule is Cc1ccc(C2/C(=C(/O)c3ccc(OCC(C)C)c(C)c3)C(=O)C(=O)N2Cc2ccco2)o1. The van der Waals surface area contributed by atoms with Gasteiger partial charge in [0.2, 0.25) is 0 Å². The Labute approximate surface area is 192 Å². The highest BCUT2D eigenvalue weighted by Gasteiger charge is 2.47. The van der Waals surface area contributed by atoms with Gasteiger partial charge in [-0.25, -0.2) is 0 Å². The Morgan fingerprint density at radius 2 is 1.94 bits per heavy atom. The Bertz CT molecular complexity index is 1200. The van der Waals surface area contributed by atoms with Crippen LogP contribution in [-0.2, 0) is 16.1 Å². The van der Waals surface area contributed by atoms with Crippen LogP contribution in [0.25, 0.3) is 5.76 Å². The number of rotatable bonds is 7. The quantitative estimate of drug-likeness (QED) is 0.305. The number of aryl methyl sites for hydroxylation is 2. The number of aliphatic hydroxyl groups excluding tert-OH is 1. The van der Waals surface area contributed by atoms with E-state index in [9.17, 15) is 14.7 Å².